The minimum Gasteiger partial charge on any atom is -0.289 e. The van der Waals surface area contributed by atoms with Gasteiger partial charge >= 0.3 is 0 Å². The summed E-state index contributed by atoms with van der Waals surface area (Å²) < 4.78 is 0. The first-order valence-electron chi connectivity index (χ1n) is 4.41. The molecular formula is C10H17N. The Morgan fingerprint density at radius 1 is 1.55 bits per heavy atom. The fraction of sp³-hybridized carbons (Fsp3) is 0.800. The first-order valence-corrected chi connectivity index (χ1v) is 4.41. The van der Waals surface area contributed by atoms with Gasteiger partial charge in [0.2, 0.25) is 0 Å². The zero-order valence-corrected chi connectivity index (χ0v) is 7.51. The molecule has 1 rings (SSSR count). The fourth-order valence-corrected chi connectivity index (χ4v) is 1.37. The highest BCUT2D eigenvalue weighted by molar-refractivity contribution is 4.94. The molecule has 0 radical (unpaired) electrons. The quantitative estimate of drug-likeness (QED) is 0.553. The van der Waals surface area contributed by atoms with Gasteiger partial charge < -0.3 is 0 Å². The van der Waals surface area contributed by atoms with E-state index in [4.69, 9.17) is 6.42 Å². The Balaban J connectivity index is 2.27. The lowest BCUT2D eigenvalue weighted by molar-refractivity contribution is 0.263. The normalized spacial score (nSPS) is 17.4. The van der Waals surface area contributed by atoms with Gasteiger partial charge in [0.05, 0.1) is 6.54 Å². The van der Waals surface area contributed by atoms with E-state index in [1.165, 1.54) is 12.8 Å². The maximum Gasteiger partial charge on any atom is 0.0601 e. The van der Waals surface area contributed by atoms with Crippen molar-refractivity contribution in [1.82, 2.24) is 4.90 Å². The highest BCUT2D eigenvalue weighted by Crippen LogP contribution is 2.26. The second-order valence-electron chi connectivity index (χ2n) is 3.76. The van der Waals surface area contributed by atoms with E-state index in [1.807, 2.05) is 0 Å². The van der Waals surface area contributed by atoms with Crippen molar-refractivity contribution in [2.45, 2.75) is 32.7 Å². The smallest absolute Gasteiger partial charge is 0.0601 e. The van der Waals surface area contributed by atoms with Crippen LogP contribution in [-0.2, 0) is 0 Å². The Kier molecular flexibility index (Phi) is 2.96. The summed E-state index contributed by atoms with van der Waals surface area (Å²) in [5.74, 6) is 3.46. The van der Waals surface area contributed by atoms with E-state index in [-0.39, 0.29) is 0 Å². The topological polar surface area (TPSA) is 3.24 Å². The van der Waals surface area contributed by atoms with Crippen LogP contribution in [0.1, 0.15) is 26.7 Å². The minimum atomic E-state index is 0.740. The summed E-state index contributed by atoms with van der Waals surface area (Å²) in [6.07, 6.45) is 7.99. The molecule has 0 aromatic heterocycles. The molecule has 0 aromatic rings. The molecular weight excluding hydrogens is 134 g/mol. The predicted octanol–water partition coefficient (Wildman–Crippen LogP) is 1.74. The van der Waals surface area contributed by atoms with Crippen molar-refractivity contribution in [3.05, 3.63) is 0 Å². The molecule has 0 amide bonds. The van der Waals surface area contributed by atoms with Crippen molar-refractivity contribution in [2.75, 3.05) is 13.1 Å². The number of hydrogen-bond donors (Lipinski definition) is 0. The van der Waals surface area contributed by atoms with Crippen LogP contribution in [0, 0.1) is 18.3 Å². The van der Waals surface area contributed by atoms with Crippen LogP contribution in [0.15, 0.2) is 0 Å². The lowest BCUT2D eigenvalue weighted by Crippen LogP contribution is -2.30. The monoisotopic (exact) mass is 151 g/mol. The summed E-state index contributed by atoms with van der Waals surface area (Å²) in [6, 6.07) is 0.813. The molecule has 1 nitrogen and oxygen atoms in total. The molecule has 0 unspecified atom stereocenters. The van der Waals surface area contributed by atoms with E-state index >= 15 is 0 Å². The maximum atomic E-state index is 5.28. The lowest BCUT2D eigenvalue weighted by atomic mass is 10.2. The molecule has 1 aliphatic carbocycles. The molecule has 1 saturated carbocycles. The van der Waals surface area contributed by atoms with Gasteiger partial charge in [0.1, 0.15) is 0 Å². The van der Waals surface area contributed by atoms with Crippen molar-refractivity contribution in [1.29, 1.82) is 0 Å². The van der Waals surface area contributed by atoms with Gasteiger partial charge in [-0.05, 0) is 18.8 Å². The number of terminal acetylenes is 1. The lowest BCUT2D eigenvalue weighted by Gasteiger charge is -2.20. The molecule has 0 bridgehead atoms. The van der Waals surface area contributed by atoms with Crippen LogP contribution < -0.4 is 0 Å². The number of hydrogen-bond acceptors (Lipinski definition) is 1. The summed E-state index contributed by atoms with van der Waals surface area (Å²) >= 11 is 0. The SMILES string of the molecule is C#CCN(CC(C)C)C1CC1. The fourth-order valence-electron chi connectivity index (χ4n) is 1.37. The van der Waals surface area contributed by atoms with Crippen LogP contribution >= 0.6 is 0 Å². The van der Waals surface area contributed by atoms with Gasteiger partial charge in [0.25, 0.3) is 0 Å². The Morgan fingerprint density at radius 3 is 2.55 bits per heavy atom. The highest BCUT2D eigenvalue weighted by Gasteiger charge is 2.28. The Morgan fingerprint density at radius 2 is 2.18 bits per heavy atom. The highest BCUT2D eigenvalue weighted by atomic mass is 15.2. The average Bonchev–Trinajstić information content (AvgIpc) is 2.66. The van der Waals surface area contributed by atoms with Crippen LogP contribution in [0.2, 0.25) is 0 Å². The van der Waals surface area contributed by atoms with E-state index in [2.05, 4.69) is 24.7 Å². The summed E-state index contributed by atoms with van der Waals surface area (Å²) in [5, 5.41) is 0. The Hall–Kier alpha value is -0.480. The molecule has 1 fully saturated rings. The molecule has 1 heteroatoms. The molecule has 0 N–H and O–H groups in total. The minimum absolute atomic E-state index is 0.740. The largest absolute Gasteiger partial charge is 0.289 e. The van der Waals surface area contributed by atoms with Crippen LogP contribution in [0.4, 0.5) is 0 Å². The van der Waals surface area contributed by atoms with Crippen molar-refractivity contribution in [3.63, 3.8) is 0 Å². The van der Waals surface area contributed by atoms with Crippen LogP contribution in [-0.4, -0.2) is 24.0 Å². The average molecular weight is 151 g/mol. The molecule has 0 atom stereocenters. The number of rotatable bonds is 4. The summed E-state index contributed by atoms with van der Waals surface area (Å²) in [4.78, 5) is 2.42. The molecule has 0 aliphatic heterocycles. The maximum absolute atomic E-state index is 5.28. The standard InChI is InChI=1S/C10H17N/c1-4-7-11(8-9(2)3)10-5-6-10/h1,9-10H,5-8H2,2-3H3. The van der Waals surface area contributed by atoms with Gasteiger partial charge in [0.15, 0.2) is 0 Å². The Bertz CT molecular complexity index is 151. The van der Waals surface area contributed by atoms with E-state index in [1.54, 1.807) is 0 Å². The first-order chi connectivity index (χ1) is 5.24. The molecule has 1 aliphatic rings. The predicted molar refractivity (Wildman–Crippen MR) is 48.3 cm³/mol. The molecule has 11 heavy (non-hydrogen) atoms. The van der Waals surface area contributed by atoms with Crippen LogP contribution in [0.3, 0.4) is 0 Å². The third-order valence-electron chi connectivity index (χ3n) is 1.96. The third kappa shape index (κ3) is 2.95. The van der Waals surface area contributed by atoms with Crippen molar-refractivity contribution < 1.29 is 0 Å². The zero-order valence-electron chi connectivity index (χ0n) is 7.51. The third-order valence-corrected chi connectivity index (χ3v) is 1.96. The molecule has 0 aromatic carbocycles. The molecule has 0 saturated heterocycles. The Labute approximate surface area is 69.8 Å². The van der Waals surface area contributed by atoms with Gasteiger partial charge in [-0.1, -0.05) is 19.8 Å². The van der Waals surface area contributed by atoms with E-state index in [0.29, 0.717) is 0 Å². The summed E-state index contributed by atoms with van der Waals surface area (Å²) in [7, 11) is 0. The van der Waals surface area contributed by atoms with Crippen molar-refractivity contribution >= 4 is 0 Å². The van der Waals surface area contributed by atoms with Gasteiger partial charge in [0, 0.05) is 12.6 Å². The molecule has 0 spiro atoms. The van der Waals surface area contributed by atoms with Crippen molar-refractivity contribution in [2.24, 2.45) is 5.92 Å². The van der Waals surface area contributed by atoms with Gasteiger partial charge in [-0.15, -0.1) is 6.42 Å². The number of nitrogens with zero attached hydrogens (tertiary/aromatic N) is 1. The zero-order chi connectivity index (χ0) is 8.27. The van der Waals surface area contributed by atoms with E-state index in [9.17, 15) is 0 Å². The van der Waals surface area contributed by atoms with Gasteiger partial charge in [-0.3, -0.25) is 4.90 Å². The summed E-state index contributed by atoms with van der Waals surface area (Å²) in [5.41, 5.74) is 0. The van der Waals surface area contributed by atoms with Gasteiger partial charge in [-0.25, -0.2) is 0 Å². The van der Waals surface area contributed by atoms with Crippen LogP contribution in [0.25, 0.3) is 0 Å². The summed E-state index contributed by atoms with van der Waals surface area (Å²) in [6.45, 7) is 6.48. The second-order valence-corrected chi connectivity index (χ2v) is 3.76. The van der Waals surface area contributed by atoms with Crippen molar-refractivity contribution in [3.8, 4) is 12.3 Å². The van der Waals surface area contributed by atoms with Crippen LogP contribution in [0.5, 0.6) is 0 Å². The molecule has 62 valence electrons. The van der Waals surface area contributed by atoms with Gasteiger partial charge in [-0.2, -0.15) is 0 Å². The second kappa shape index (κ2) is 3.78. The first kappa shape index (κ1) is 8.62. The van der Waals surface area contributed by atoms with E-state index in [0.717, 1.165) is 25.0 Å². The molecule has 0 heterocycles. The van der Waals surface area contributed by atoms with E-state index < -0.39 is 0 Å².